The third-order valence-electron chi connectivity index (χ3n) is 3.90. The van der Waals surface area contributed by atoms with Gasteiger partial charge in [-0.15, -0.1) is 0 Å². The highest BCUT2D eigenvalue weighted by molar-refractivity contribution is 7.89. The molecule has 1 heterocycles. The fourth-order valence-electron chi connectivity index (χ4n) is 2.66. The topological polar surface area (TPSA) is 97.0 Å². The Bertz CT molecular complexity index is 693. The van der Waals surface area contributed by atoms with E-state index < -0.39 is 10.0 Å². The van der Waals surface area contributed by atoms with Gasteiger partial charge in [-0.1, -0.05) is 0 Å². The zero-order valence-corrected chi connectivity index (χ0v) is 13.7. The summed E-state index contributed by atoms with van der Waals surface area (Å²) in [6.07, 6.45) is 2.13. The summed E-state index contributed by atoms with van der Waals surface area (Å²) in [4.78, 5) is 2.20. The Labute approximate surface area is 137 Å². The SMILES string of the molecule is N#CCCCS(=O)(=O)NC1CCN(c2ccc(C#N)cc2)CC1. The van der Waals surface area contributed by atoms with Crippen molar-refractivity contribution in [1.29, 1.82) is 10.5 Å². The van der Waals surface area contributed by atoms with E-state index >= 15 is 0 Å². The normalized spacial score (nSPS) is 15.8. The van der Waals surface area contributed by atoms with Gasteiger partial charge >= 0.3 is 0 Å². The first kappa shape index (κ1) is 17.3. The second-order valence-corrected chi connectivity index (χ2v) is 7.49. The highest BCUT2D eigenvalue weighted by Gasteiger charge is 2.23. The Morgan fingerprint density at radius 2 is 1.83 bits per heavy atom. The maximum absolute atomic E-state index is 11.9. The van der Waals surface area contributed by atoms with Crippen molar-refractivity contribution >= 4 is 15.7 Å². The Morgan fingerprint density at radius 3 is 2.39 bits per heavy atom. The first-order valence-corrected chi connectivity index (χ1v) is 9.31. The number of benzene rings is 1. The molecule has 122 valence electrons. The lowest BCUT2D eigenvalue weighted by Crippen LogP contribution is -2.45. The molecule has 7 heteroatoms. The fourth-order valence-corrected chi connectivity index (χ4v) is 4.04. The lowest BCUT2D eigenvalue weighted by atomic mass is 10.1. The molecule has 1 fully saturated rings. The van der Waals surface area contributed by atoms with E-state index in [1.807, 2.05) is 18.2 Å². The largest absolute Gasteiger partial charge is 0.371 e. The van der Waals surface area contributed by atoms with Crippen LogP contribution in [0.15, 0.2) is 24.3 Å². The van der Waals surface area contributed by atoms with E-state index in [0.717, 1.165) is 31.6 Å². The predicted octanol–water partition coefficient (Wildman–Crippen LogP) is 1.75. The molecule has 0 amide bonds. The predicted molar refractivity (Wildman–Crippen MR) is 88.2 cm³/mol. The highest BCUT2D eigenvalue weighted by atomic mass is 32.2. The van der Waals surface area contributed by atoms with Crippen LogP contribution in [0.25, 0.3) is 0 Å². The second-order valence-electron chi connectivity index (χ2n) is 5.62. The molecule has 0 aromatic heterocycles. The summed E-state index contributed by atoms with van der Waals surface area (Å²) in [5.41, 5.74) is 1.69. The van der Waals surface area contributed by atoms with Crippen molar-refractivity contribution in [3.8, 4) is 12.1 Å². The maximum atomic E-state index is 11.9. The molecule has 0 unspecified atom stereocenters. The number of sulfonamides is 1. The molecule has 1 aromatic carbocycles. The Balaban J connectivity index is 1.84. The molecule has 1 saturated heterocycles. The van der Waals surface area contributed by atoms with Crippen LogP contribution in [0.3, 0.4) is 0 Å². The van der Waals surface area contributed by atoms with Gasteiger partial charge in [-0.05, 0) is 43.5 Å². The summed E-state index contributed by atoms with van der Waals surface area (Å²) in [6, 6.07) is 11.4. The molecular formula is C16H20N4O2S. The number of piperidine rings is 1. The summed E-state index contributed by atoms with van der Waals surface area (Å²) >= 11 is 0. The van der Waals surface area contributed by atoms with E-state index in [1.165, 1.54) is 0 Å². The van der Waals surface area contributed by atoms with Crippen LogP contribution in [-0.4, -0.2) is 33.3 Å². The lowest BCUT2D eigenvalue weighted by Gasteiger charge is -2.33. The minimum Gasteiger partial charge on any atom is -0.371 e. The molecule has 0 atom stereocenters. The first-order chi connectivity index (χ1) is 11.0. The summed E-state index contributed by atoms with van der Waals surface area (Å²) < 4.78 is 26.6. The van der Waals surface area contributed by atoms with Crippen molar-refractivity contribution < 1.29 is 8.42 Å². The summed E-state index contributed by atoms with van der Waals surface area (Å²) in [6.45, 7) is 1.55. The smallest absolute Gasteiger partial charge is 0.211 e. The van der Waals surface area contributed by atoms with E-state index in [4.69, 9.17) is 10.5 Å². The molecule has 1 N–H and O–H groups in total. The van der Waals surface area contributed by atoms with Crippen molar-refractivity contribution in [1.82, 2.24) is 4.72 Å². The van der Waals surface area contributed by atoms with Gasteiger partial charge in [0.2, 0.25) is 10.0 Å². The van der Waals surface area contributed by atoms with Crippen LogP contribution in [0, 0.1) is 22.7 Å². The molecule has 23 heavy (non-hydrogen) atoms. The van der Waals surface area contributed by atoms with Crippen molar-refractivity contribution in [3.05, 3.63) is 29.8 Å². The van der Waals surface area contributed by atoms with Gasteiger partial charge in [0.1, 0.15) is 0 Å². The average Bonchev–Trinajstić information content (AvgIpc) is 2.55. The molecule has 0 aliphatic carbocycles. The van der Waals surface area contributed by atoms with Gasteiger partial charge in [0.25, 0.3) is 0 Å². The number of nitrogens with zero attached hydrogens (tertiary/aromatic N) is 3. The second kappa shape index (κ2) is 7.96. The first-order valence-electron chi connectivity index (χ1n) is 7.66. The van der Waals surface area contributed by atoms with Gasteiger partial charge in [-0.25, -0.2) is 13.1 Å². The summed E-state index contributed by atoms with van der Waals surface area (Å²) in [7, 11) is -3.30. The van der Waals surface area contributed by atoms with E-state index in [1.54, 1.807) is 12.1 Å². The van der Waals surface area contributed by atoms with Crippen LogP contribution in [-0.2, 0) is 10.0 Å². The fraction of sp³-hybridized carbons (Fsp3) is 0.500. The summed E-state index contributed by atoms with van der Waals surface area (Å²) in [5.74, 6) is 0.0103. The number of nitrogens with one attached hydrogen (secondary N) is 1. The number of hydrogen-bond acceptors (Lipinski definition) is 5. The standard InChI is InChI=1S/C16H20N4O2S/c17-9-1-2-12-23(21,22)19-15-7-10-20(11-8-15)16-5-3-14(13-18)4-6-16/h3-6,15,19H,1-2,7-8,10-12H2. The minimum absolute atomic E-state index is 0.0103. The van der Waals surface area contributed by atoms with Crippen molar-refractivity contribution in [2.24, 2.45) is 0 Å². The van der Waals surface area contributed by atoms with Gasteiger partial charge in [-0.3, -0.25) is 0 Å². The third-order valence-corrected chi connectivity index (χ3v) is 5.42. The molecule has 0 bridgehead atoms. The van der Waals surface area contributed by atoms with Crippen LogP contribution in [0.4, 0.5) is 5.69 Å². The van der Waals surface area contributed by atoms with Crippen LogP contribution in [0.1, 0.15) is 31.2 Å². The molecule has 1 aromatic rings. The van der Waals surface area contributed by atoms with E-state index in [0.29, 0.717) is 12.0 Å². The van der Waals surface area contributed by atoms with Crippen LogP contribution in [0.5, 0.6) is 0 Å². The number of anilines is 1. The lowest BCUT2D eigenvalue weighted by molar-refractivity contribution is 0.459. The zero-order valence-electron chi connectivity index (χ0n) is 12.9. The van der Waals surface area contributed by atoms with Gasteiger partial charge in [0.15, 0.2) is 0 Å². The zero-order chi connectivity index (χ0) is 16.7. The molecule has 0 radical (unpaired) electrons. The molecule has 1 aliphatic heterocycles. The van der Waals surface area contributed by atoms with Crippen molar-refractivity contribution in [2.75, 3.05) is 23.7 Å². The van der Waals surface area contributed by atoms with Crippen LogP contribution < -0.4 is 9.62 Å². The minimum atomic E-state index is -3.30. The van der Waals surface area contributed by atoms with Gasteiger partial charge < -0.3 is 4.90 Å². The molecule has 2 rings (SSSR count). The molecule has 0 saturated carbocycles. The molecule has 6 nitrogen and oxygen atoms in total. The maximum Gasteiger partial charge on any atom is 0.211 e. The van der Waals surface area contributed by atoms with E-state index in [-0.39, 0.29) is 18.2 Å². The Hall–Kier alpha value is -2.09. The van der Waals surface area contributed by atoms with E-state index in [9.17, 15) is 8.42 Å². The van der Waals surface area contributed by atoms with Crippen LogP contribution >= 0.6 is 0 Å². The molecular weight excluding hydrogens is 312 g/mol. The highest BCUT2D eigenvalue weighted by Crippen LogP contribution is 2.20. The van der Waals surface area contributed by atoms with Crippen molar-refractivity contribution in [2.45, 2.75) is 31.7 Å². The molecule has 0 spiro atoms. The van der Waals surface area contributed by atoms with Crippen LogP contribution in [0.2, 0.25) is 0 Å². The number of unbranched alkanes of at least 4 members (excludes halogenated alkanes) is 1. The quantitative estimate of drug-likeness (QED) is 0.800. The third kappa shape index (κ3) is 5.24. The number of rotatable bonds is 6. The van der Waals surface area contributed by atoms with Gasteiger partial charge in [0, 0.05) is 31.2 Å². The van der Waals surface area contributed by atoms with E-state index in [2.05, 4.69) is 15.7 Å². The van der Waals surface area contributed by atoms with Gasteiger partial charge in [-0.2, -0.15) is 10.5 Å². The molecule has 1 aliphatic rings. The monoisotopic (exact) mass is 332 g/mol. The average molecular weight is 332 g/mol. The number of hydrogen-bond donors (Lipinski definition) is 1. The Kier molecular flexibility index (Phi) is 5.97. The van der Waals surface area contributed by atoms with Crippen molar-refractivity contribution in [3.63, 3.8) is 0 Å². The van der Waals surface area contributed by atoms with Gasteiger partial charge in [0.05, 0.1) is 23.5 Å². The summed E-state index contributed by atoms with van der Waals surface area (Å²) in [5, 5.41) is 17.3. The Morgan fingerprint density at radius 1 is 1.17 bits per heavy atom. The number of nitriles is 2.